The van der Waals surface area contributed by atoms with E-state index in [0.717, 1.165) is 22.6 Å². The minimum Gasteiger partial charge on any atom is -0.388 e. The van der Waals surface area contributed by atoms with Crippen molar-refractivity contribution in [1.82, 2.24) is 0 Å². The van der Waals surface area contributed by atoms with Gasteiger partial charge in [0.15, 0.2) is 0 Å². The number of aliphatic hydroxyl groups excluding tert-OH is 1. The molecule has 0 saturated heterocycles. The van der Waals surface area contributed by atoms with E-state index >= 15 is 0 Å². The Labute approximate surface area is 179 Å². The van der Waals surface area contributed by atoms with Gasteiger partial charge < -0.3 is 5.11 Å². The third-order valence-corrected chi connectivity index (χ3v) is 5.09. The fourth-order valence-corrected chi connectivity index (χ4v) is 3.38. The minimum atomic E-state index is -7.91. The molecule has 0 fully saturated rings. The fraction of sp³-hybridized carbons (Fsp3) is 0.625. The van der Waals surface area contributed by atoms with Crippen molar-refractivity contribution in [2.45, 2.75) is 58.7 Å². The summed E-state index contributed by atoms with van der Waals surface area (Å²) in [6.07, 6.45) is -12.1. The quantitative estimate of drug-likeness (QED) is 0.185. The molecule has 1 nitrogen and oxygen atoms in total. The zero-order valence-corrected chi connectivity index (χ0v) is 16.9. The molecule has 0 aliphatic carbocycles. The molecule has 1 N–H and O–H groups in total. The molecule has 15 heteroatoms. The zero-order chi connectivity index (χ0) is 24.7. The molecular formula is C16H12F13IO. The summed E-state index contributed by atoms with van der Waals surface area (Å²) in [6, 6.07) is 6.86. The van der Waals surface area contributed by atoms with Crippen LogP contribution in [0.1, 0.15) is 24.5 Å². The van der Waals surface area contributed by atoms with E-state index in [4.69, 9.17) is 0 Å². The number of hydrogen-bond donors (Lipinski definition) is 1. The van der Waals surface area contributed by atoms with Crippen molar-refractivity contribution in [3.63, 3.8) is 0 Å². The van der Waals surface area contributed by atoms with Gasteiger partial charge in [0, 0.05) is 10.3 Å². The van der Waals surface area contributed by atoms with E-state index in [9.17, 15) is 62.2 Å². The molecule has 0 amide bonds. The third-order valence-electron chi connectivity index (χ3n) is 4.14. The number of benzene rings is 1. The predicted octanol–water partition coefficient (Wildman–Crippen LogP) is 7.04. The summed E-state index contributed by atoms with van der Waals surface area (Å²) >= 11 is 0.993. The topological polar surface area (TPSA) is 20.2 Å². The van der Waals surface area contributed by atoms with E-state index in [1.165, 1.54) is 30.3 Å². The van der Waals surface area contributed by atoms with Crippen molar-refractivity contribution >= 4 is 22.6 Å². The molecule has 0 bridgehead atoms. The first-order chi connectivity index (χ1) is 13.6. The van der Waals surface area contributed by atoms with Gasteiger partial charge in [0.25, 0.3) is 0 Å². The molecule has 0 aliphatic heterocycles. The maximum absolute atomic E-state index is 13.8. The summed E-state index contributed by atoms with van der Waals surface area (Å²) in [7, 11) is 0. The molecule has 0 aliphatic rings. The zero-order valence-electron chi connectivity index (χ0n) is 14.7. The minimum absolute atomic E-state index is 0.0981. The molecule has 0 aromatic heterocycles. The Balaban J connectivity index is 3.16. The van der Waals surface area contributed by atoms with Crippen molar-refractivity contribution in [1.29, 1.82) is 0 Å². The van der Waals surface area contributed by atoms with Gasteiger partial charge in [-0.2, -0.15) is 57.1 Å². The smallest absolute Gasteiger partial charge is 0.388 e. The first-order valence-electron chi connectivity index (χ1n) is 7.96. The summed E-state index contributed by atoms with van der Waals surface area (Å²) < 4.78 is 168. The molecule has 31 heavy (non-hydrogen) atoms. The predicted molar refractivity (Wildman–Crippen MR) is 89.2 cm³/mol. The molecule has 2 unspecified atom stereocenters. The second-order valence-electron chi connectivity index (χ2n) is 6.46. The third kappa shape index (κ3) is 5.00. The van der Waals surface area contributed by atoms with E-state index in [1.54, 1.807) is 0 Å². The molecule has 180 valence electrons. The maximum Gasteiger partial charge on any atom is 0.460 e. The highest BCUT2D eigenvalue weighted by molar-refractivity contribution is 14.1. The monoisotopic (exact) mass is 594 g/mol. The lowest BCUT2D eigenvalue weighted by Crippen LogP contribution is -2.70. The molecule has 0 saturated carbocycles. The first kappa shape index (κ1) is 28.0. The number of aliphatic hydroxyl groups is 1. The lowest BCUT2D eigenvalue weighted by molar-refractivity contribution is -0.440. The van der Waals surface area contributed by atoms with E-state index in [1.807, 2.05) is 0 Å². The summed E-state index contributed by atoms with van der Waals surface area (Å²) in [6.45, 7) is 0. The second-order valence-corrected chi connectivity index (χ2v) is 8.22. The summed E-state index contributed by atoms with van der Waals surface area (Å²) in [5.74, 6) is -36.9. The molecular weight excluding hydrogens is 582 g/mol. The fourth-order valence-electron chi connectivity index (χ4n) is 2.35. The van der Waals surface area contributed by atoms with Gasteiger partial charge in [0.2, 0.25) is 0 Å². The van der Waals surface area contributed by atoms with Gasteiger partial charge in [0.1, 0.15) is 0 Å². The normalized spacial score (nSPS) is 16.9. The van der Waals surface area contributed by atoms with Crippen molar-refractivity contribution < 1.29 is 62.2 Å². The lowest BCUT2D eigenvalue weighted by atomic mass is 9.91. The van der Waals surface area contributed by atoms with Crippen LogP contribution in [0.3, 0.4) is 0 Å². The van der Waals surface area contributed by atoms with Crippen LogP contribution < -0.4 is 0 Å². The molecule has 2 atom stereocenters. The molecule has 0 spiro atoms. The molecule has 1 aromatic rings. The van der Waals surface area contributed by atoms with Crippen LogP contribution in [0.4, 0.5) is 57.1 Å². The average molecular weight is 594 g/mol. The summed E-state index contributed by atoms with van der Waals surface area (Å²) in [5, 5.41) is 9.85. The molecule has 1 rings (SSSR count). The lowest BCUT2D eigenvalue weighted by Gasteiger charge is -2.40. The van der Waals surface area contributed by atoms with Crippen molar-refractivity contribution in [3.8, 4) is 0 Å². The van der Waals surface area contributed by atoms with Crippen molar-refractivity contribution in [2.24, 2.45) is 0 Å². The van der Waals surface area contributed by atoms with Crippen LogP contribution >= 0.6 is 22.6 Å². The van der Waals surface area contributed by atoms with Crippen LogP contribution in [-0.2, 0) is 0 Å². The van der Waals surface area contributed by atoms with Crippen LogP contribution in [-0.4, -0.2) is 44.8 Å². The number of halogens is 14. The highest BCUT2D eigenvalue weighted by Crippen LogP contribution is 2.61. The Morgan fingerprint density at radius 3 is 1.52 bits per heavy atom. The van der Waals surface area contributed by atoms with Gasteiger partial charge in [-0.05, 0) is 12.0 Å². The molecule has 1 aromatic carbocycles. The van der Waals surface area contributed by atoms with Crippen molar-refractivity contribution in [3.05, 3.63) is 35.9 Å². The second kappa shape index (κ2) is 8.74. The highest BCUT2D eigenvalue weighted by atomic mass is 127. The number of rotatable bonds is 9. The van der Waals surface area contributed by atoms with Crippen LogP contribution in [0.15, 0.2) is 30.3 Å². The van der Waals surface area contributed by atoms with Gasteiger partial charge >= 0.3 is 35.8 Å². The van der Waals surface area contributed by atoms with Gasteiger partial charge in [-0.1, -0.05) is 52.9 Å². The van der Waals surface area contributed by atoms with Gasteiger partial charge in [-0.25, -0.2) is 0 Å². The SMILES string of the molecule is OC(CC(I)CC(F)(F)C(F)(F)C(F)(F)C(F)(F)C(F)(F)C(F)(F)F)c1ccccc1. The van der Waals surface area contributed by atoms with E-state index in [2.05, 4.69) is 0 Å². The van der Waals surface area contributed by atoms with E-state index in [-0.39, 0.29) is 5.56 Å². The van der Waals surface area contributed by atoms with Gasteiger partial charge in [0.05, 0.1) is 6.10 Å². The van der Waals surface area contributed by atoms with Crippen LogP contribution in [0.25, 0.3) is 0 Å². The number of alkyl halides is 14. The Bertz CT molecular complexity index is 733. The summed E-state index contributed by atoms with van der Waals surface area (Å²) in [5.41, 5.74) is 0.0981. The maximum atomic E-state index is 13.8. The Morgan fingerprint density at radius 1 is 0.677 bits per heavy atom. The van der Waals surface area contributed by atoms with Crippen LogP contribution in [0, 0.1) is 0 Å². The van der Waals surface area contributed by atoms with Gasteiger partial charge in [-0.3, -0.25) is 0 Å². The Morgan fingerprint density at radius 2 is 1.10 bits per heavy atom. The largest absolute Gasteiger partial charge is 0.460 e. The van der Waals surface area contributed by atoms with Crippen LogP contribution in [0.5, 0.6) is 0 Å². The van der Waals surface area contributed by atoms with Crippen molar-refractivity contribution in [2.75, 3.05) is 0 Å². The van der Waals surface area contributed by atoms with E-state index < -0.39 is 58.7 Å². The van der Waals surface area contributed by atoms with Gasteiger partial charge in [-0.15, -0.1) is 0 Å². The standard InChI is InChI=1S/C16H12F13IO/c17-11(18,7-9(30)6-10(31)8-4-2-1-3-5-8)12(19,20)13(21,22)14(23,24)15(25,26)16(27,28)29/h1-5,9-10,31H,6-7H2. The number of hydrogen-bond acceptors (Lipinski definition) is 1. The molecule has 0 heterocycles. The first-order valence-corrected chi connectivity index (χ1v) is 9.21. The van der Waals surface area contributed by atoms with Crippen LogP contribution in [0.2, 0.25) is 0 Å². The van der Waals surface area contributed by atoms with E-state index in [0.29, 0.717) is 0 Å². The molecule has 0 radical (unpaired) electrons. The average Bonchev–Trinajstić information content (AvgIpc) is 2.60. The Kier molecular flexibility index (Phi) is 7.90. The summed E-state index contributed by atoms with van der Waals surface area (Å²) in [4.78, 5) is 0. The Hall–Kier alpha value is -1.00. The highest BCUT2D eigenvalue weighted by Gasteiger charge is 2.90.